The van der Waals surface area contributed by atoms with Crippen LogP contribution in [0.1, 0.15) is 16.7 Å². The maximum atomic E-state index is 5.46. The first-order valence-electron chi connectivity index (χ1n) is 4.03. The molecule has 0 aromatic heterocycles. The smallest absolute Gasteiger partial charge is 0.242 e. The van der Waals surface area contributed by atoms with Gasteiger partial charge >= 0.3 is 0 Å². The van der Waals surface area contributed by atoms with E-state index in [2.05, 4.69) is 26.0 Å². The SMILES string of the molecule is Cc1cccc(C)c1CC(N)=[NH2+]. The van der Waals surface area contributed by atoms with Crippen LogP contribution in [0.4, 0.5) is 0 Å². The Labute approximate surface area is 72.9 Å². The molecule has 0 heterocycles. The molecule has 0 aliphatic heterocycles. The Morgan fingerprint density at radius 2 is 1.83 bits per heavy atom. The molecular formula is C10H15N2+. The lowest BCUT2D eigenvalue weighted by molar-refractivity contribution is -0.117. The molecule has 0 atom stereocenters. The van der Waals surface area contributed by atoms with Crippen molar-refractivity contribution in [3.05, 3.63) is 34.9 Å². The van der Waals surface area contributed by atoms with E-state index in [1.165, 1.54) is 16.7 Å². The summed E-state index contributed by atoms with van der Waals surface area (Å²) in [5.41, 5.74) is 9.21. The number of hydrogen-bond acceptors (Lipinski definition) is 0. The molecule has 0 fully saturated rings. The van der Waals surface area contributed by atoms with Gasteiger partial charge in [0.15, 0.2) is 0 Å². The summed E-state index contributed by atoms with van der Waals surface area (Å²) in [7, 11) is 0. The lowest BCUT2D eigenvalue weighted by Crippen LogP contribution is -2.47. The van der Waals surface area contributed by atoms with E-state index in [1.807, 2.05) is 6.07 Å². The van der Waals surface area contributed by atoms with Crippen molar-refractivity contribution in [2.45, 2.75) is 20.3 Å². The zero-order valence-electron chi connectivity index (χ0n) is 7.59. The van der Waals surface area contributed by atoms with Crippen LogP contribution in [0.5, 0.6) is 0 Å². The topological polar surface area (TPSA) is 51.6 Å². The maximum absolute atomic E-state index is 5.46. The molecule has 0 spiro atoms. The summed E-state index contributed by atoms with van der Waals surface area (Å²) in [6.45, 7) is 4.15. The van der Waals surface area contributed by atoms with Crippen molar-refractivity contribution in [2.75, 3.05) is 0 Å². The molecule has 0 amide bonds. The van der Waals surface area contributed by atoms with Crippen molar-refractivity contribution in [1.82, 2.24) is 0 Å². The summed E-state index contributed by atoms with van der Waals surface area (Å²) in [5, 5.41) is 5.46. The molecule has 64 valence electrons. The third-order valence-electron chi connectivity index (χ3n) is 2.03. The van der Waals surface area contributed by atoms with Crippen molar-refractivity contribution in [1.29, 1.82) is 0 Å². The van der Waals surface area contributed by atoms with Gasteiger partial charge in [0.2, 0.25) is 5.84 Å². The second kappa shape index (κ2) is 3.39. The van der Waals surface area contributed by atoms with Crippen LogP contribution < -0.4 is 11.1 Å². The van der Waals surface area contributed by atoms with Crippen molar-refractivity contribution in [2.24, 2.45) is 5.73 Å². The third kappa shape index (κ3) is 1.84. The molecule has 1 rings (SSSR count). The molecule has 2 heteroatoms. The van der Waals surface area contributed by atoms with Gasteiger partial charge in [-0.2, -0.15) is 0 Å². The first-order valence-corrected chi connectivity index (χ1v) is 4.03. The molecule has 1 aromatic carbocycles. The van der Waals surface area contributed by atoms with Crippen molar-refractivity contribution in [3.8, 4) is 0 Å². The summed E-state index contributed by atoms with van der Waals surface area (Å²) in [5.74, 6) is 0.479. The van der Waals surface area contributed by atoms with Crippen LogP contribution >= 0.6 is 0 Å². The van der Waals surface area contributed by atoms with Gasteiger partial charge in [-0.05, 0) is 30.5 Å². The number of benzene rings is 1. The van der Waals surface area contributed by atoms with Crippen LogP contribution in [0, 0.1) is 13.8 Å². The molecule has 0 unspecified atom stereocenters. The normalized spacial score (nSPS) is 9.83. The van der Waals surface area contributed by atoms with Gasteiger partial charge in [0.1, 0.15) is 0 Å². The average molecular weight is 163 g/mol. The molecule has 0 aliphatic carbocycles. The highest BCUT2D eigenvalue weighted by molar-refractivity contribution is 5.77. The predicted octanol–water partition coefficient (Wildman–Crippen LogP) is -0.0378. The van der Waals surface area contributed by atoms with E-state index < -0.39 is 0 Å². The lowest BCUT2D eigenvalue weighted by atomic mass is 10.00. The number of rotatable bonds is 2. The van der Waals surface area contributed by atoms with Crippen LogP contribution in [0.3, 0.4) is 0 Å². The summed E-state index contributed by atoms with van der Waals surface area (Å²) in [4.78, 5) is 0. The van der Waals surface area contributed by atoms with E-state index in [0.717, 1.165) is 0 Å². The number of amidine groups is 1. The molecule has 0 aliphatic rings. The molecule has 0 saturated heterocycles. The van der Waals surface area contributed by atoms with Crippen LogP contribution in [-0.4, -0.2) is 5.84 Å². The number of aryl methyl sites for hydroxylation is 2. The average Bonchev–Trinajstić information content (AvgIpc) is 1.97. The summed E-state index contributed by atoms with van der Waals surface area (Å²) in [6.07, 6.45) is 0.679. The van der Waals surface area contributed by atoms with Gasteiger partial charge in [-0.25, -0.2) is 0 Å². The zero-order chi connectivity index (χ0) is 9.14. The summed E-state index contributed by atoms with van der Waals surface area (Å²) >= 11 is 0. The van der Waals surface area contributed by atoms with Crippen molar-refractivity contribution >= 4 is 5.84 Å². The predicted molar refractivity (Wildman–Crippen MR) is 50.7 cm³/mol. The van der Waals surface area contributed by atoms with Crippen molar-refractivity contribution < 1.29 is 5.41 Å². The van der Waals surface area contributed by atoms with Crippen LogP contribution in [0.15, 0.2) is 18.2 Å². The Kier molecular flexibility index (Phi) is 2.48. The summed E-state index contributed by atoms with van der Waals surface area (Å²) < 4.78 is 0. The highest BCUT2D eigenvalue weighted by atomic mass is 14.7. The molecule has 4 N–H and O–H groups in total. The fraction of sp³-hybridized carbons (Fsp3) is 0.300. The molecular weight excluding hydrogens is 148 g/mol. The van der Waals surface area contributed by atoms with Gasteiger partial charge in [0, 0.05) is 0 Å². The van der Waals surface area contributed by atoms with E-state index >= 15 is 0 Å². The van der Waals surface area contributed by atoms with Crippen LogP contribution in [0.25, 0.3) is 0 Å². The minimum absolute atomic E-state index is 0.479. The minimum Gasteiger partial charge on any atom is -0.291 e. The number of nitrogens with two attached hydrogens (primary N) is 2. The fourth-order valence-corrected chi connectivity index (χ4v) is 1.33. The Bertz CT molecular complexity index is 282. The van der Waals surface area contributed by atoms with Gasteiger partial charge in [-0.3, -0.25) is 11.1 Å². The quantitative estimate of drug-likeness (QED) is 0.466. The summed E-state index contributed by atoms with van der Waals surface area (Å²) in [6, 6.07) is 6.19. The Morgan fingerprint density at radius 3 is 2.25 bits per heavy atom. The Balaban J connectivity index is 3.04. The van der Waals surface area contributed by atoms with Gasteiger partial charge in [0.25, 0.3) is 0 Å². The molecule has 2 nitrogen and oxygen atoms in total. The van der Waals surface area contributed by atoms with Crippen LogP contribution in [0.2, 0.25) is 0 Å². The monoisotopic (exact) mass is 163 g/mol. The van der Waals surface area contributed by atoms with Gasteiger partial charge < -0.3 is 0 Å². The second-order valence-electron chi connectivity index (χ2n) is 3.12. The first kappa shape index (κ1) is 8.78. The largest absolute Gasteiger partial charge is 0.291 e. The number of hydrogen-bond donors (Lipinski definition) is 2. The molecule has 0 radical (unpaired) electrons. The maximum Gasteiger partial charge on any atom is 0.242 e. The highest BCUT2D eigenvalue weighted by Crippen LogP contribution is 2.12. The Morgan fingerprint density at radius 1 is 1.33 bits per heavy atom. The van der Waals surface area contributed by atoms with Gasteiger partial charge in [-0.1, -0.05) is 18.2 Å². The van der Waals surface area contributed by atoms with E-state index in [9.17, 15) is 0 Å². The molecule has 1 aromatic rings. The zero-order valence-corrected chi connectivity index (χ0v) is 7.59. The van der Waals surface area contributed by atoms with Gasteiger partial charge in [0.05, 0.1) is 6.42 Å². The van der Waals surface area contributed by atoms with E-state index in [1.54, 1.807) is 0 Å². The lowest BCUT2D eigenvalue weighted by Gasteiger charge is -2.05. The van der Waals surface area contributed by atoms with Crippen LogP contribution in [-0.2, 0) is 6.42 Å². The van der Waals surface area contributed by atoms with Gasteiger partial charge in [-0.15, -0.1) is 0 Å². The minimum atomic E-state index is 0.479. The third-order valence-corrected chi connectivity index (χ3v) is 2.03. The second-order valence-corrected chi connectivity index (χ2v) is 3.12. The molecule has 0 saturated carbocycles. The fourth-order valence-electron chi connectivity index (χ4n) is 1.33. The Hall–Kier alpha value is -1.31. The van der Waals surface area contributed by atoms with Crippen molar-refractivity contribution in [3.63, 3.8) is 0 Å². The first-order chi connectivity index (χ1) is 5.61. The highest BCUT2D eigenvalue weighted by Gasteiger charge is 2.05. The van der Waals surface area contributed by atoms with E-state index in [4.69, 9.17) is 11.1 Å². The molecule has 12 heavy (non-hydrogen) atoms. The van der Waals surface area contributed by atoms with E-state index in [-0.39, 0.29) is 0 Å². The standard InChI is InChI=1S/C10H14N2/c1-7-4-3-5-8(2)9(7)6-10(11)12/h3-5H,6H2,1-2H3,(H3,11,12)/p+1. The molecule has 0 bridgehead atoms. The van der Waals surface area contributed by atoms with E-state index in [0.29, 0.717) is 12.3 Å².